The summed E-state index contributed by atoms with van der Waals surface area (Å²) in [4.78, 5) is 31.8. The molecule has 2 heterocycles. The molecule has 0 unspecified atom stereocenters. The van der Waals surface area contributed by atoms with Gasteiger partial charge in [0.05, 0.1) is 32.3 Å². The highest BCUT2D eigenvalue weighted by atomic mass is 16.5. The Morgan fingerprint density at radius 3 is 2.71 bits per heavy atom. The summed E-state index contributed by atoms with van der Waals surface area (Å²) in [5.41, 5.74) is 1.39. The molecular weight excluding hydrogens is 436 g/mol. The quantitative estimate of drug-likeness (QED) is 0.579. The van der Waals surface area contributed by atoms with E-state index in [1.54, 1.807) is 4.90 Å². The number of aliphatic hydroxyl groups excluding tert-OH is 1. The lowest BCUT2D eigenvalue weighted by atomic mass is 10.0. The van der Waals surface area contributed by atoms with E-state index in [1.807, 2.05) is 39.2 Å². The van der Waals surface area contributed by atoms with Gasteiger partial charge in [-0.3, -0.25) is 14.5 Å². The summed E-state index contributed by atoms with van der Waals surface area (Å²) in [5.74, 6) is 0.624. The summed E-state index contributed by atoms with van der Waals surface area (Å²) in [6.07, 6.45) is 0.428. The third-order valence-electron chi connectivity index (χ3n) is 6.50. The van der Waals surface area contributed by atoms with Gasteiger partial charge >= 0.3 is 0 Å². The zero-order chi connectivity index (χ0) is 24.7. The second-order valence-electron chi connectivity index (χ2n) is 9.72. The highest BCUT2D eigenvalue weighted by molar-refractivity contribution is 5.91. The van der Waals surface area contributed by atoms with Crippen LogP contribution < -0.4 is 10.1 Å². The fourth-order valence-corrected chi connectivity index (χ4v) is 4.39. The van der Waals surface area contributed by atoms with Crippen molar-refractivity contribution in [2.45, 2.75) is 38.8 Å². The van der Waals surface area contributed by atoms with Gasteiger partial charge in [0.1, 0.15) is 11.9 Å². The molecule has 9 nitrogen and oxygen atoms in total. The van der Waals surface area contributed by atoms with Crippen LogP contribution in [0.3, 0.4) is 0 Å². The predicted molar refractivity (Wildman–Crippen MR) is 131 cm³/mol. The van der Waals surface area contributed by atoms with Crippen LogP contribution in [0.2, 0.25) is 0 Å². The minimum atomic E-state index is -0.278. The first-order valence-electron chi connectivity index (χ1n) is 12.2. The fraction of sp³-hybridized carbons (Fsp3) is 0.680. The lowest BCUT2D eigenvalue weighted by Gasteiger charge is -2.33. The molecule has 2 amide bonds. The van der Waals surface area contributed by atoms with E-state index >= 15 is 0 Å². The maximum Gasteiger partial charge on any atom is 0.227 e. The largest absolute Gasteiger partial charge is 0.488 e. The highest BCUT2D eigenvalue weighted by Gasteiger charge is 2.30. The van der Waals surface area contributed by atoms with Crippen LogP contribution in [0.25, 0.3) is 0 Å². The first kappa shape index (κ1) is 26.4. The summed E-state index contributed by atoms with van der Waals surface area (Å²) in [5, 5.41) is 12.7. The molecule has 2 aliphatic heterocycles. The molecule has 0 saturated carbocycles. The smallest absolute Gasteiger partial charge is 0.227 e. The molecule has 3 atom stereocenters. The van der Waals surface area contributed by atoms with Crippen LogP contribution in [0.15, 0.2) is 18.2 Å². The summed E-state index contributed by atoms with van der Waals surface area (Å²) in [7, 11) is 4.00. The first-order chi connectivity index (χ1) is 16.3. The SMILES string of the molecule is C[C@@H]1CN([C@H](C)CO)C(=O)Cc2cc(NC(=O)CCN3CCOCC3)ccc2O[C@@H]1CN(C)C. The van der Waals surface area contributed by atoms with E-state index in [4.69, 9.17) is 9.47 Å². The molecule has 2 N–H and O–H groups in total. The number of carbonyl (C=O) groups is 2. The number of carbonyl (C=O) groups excluding carboxylic acids is 2. The second-order valence-corrected chi connectivity index (χ2v) is 9.72. The van der Waals surface area contributed by atoms with Crippen LogP contribution in [0, 0.1) is 5.92 Å². The van der Waals surface area contributed by atoms with Gasteiger partial charge < -0.3 is 29.7 Å². The van der Waals surface area contributed by atoms with Crippen molar-refractivity contribution in [1.29, 1.82) is 0 Å². The van der Waals surface area contributed by atoms with E-state index in [9.17, 15) is 14.7 Å². The van der Waals surface area contributed by atoms with Crippen molar-refractivity contribution in [2.24, 2.45) is 5.92 Å². The van der Waals surface area contributed by atoms with Crippen LogP contribution in [0.1, 0.15) is 25.8 Å². The van der Waals surface area contributed by atoms with Crippen LogP contribution in [0.4, 0.5) is 5.69 Å². The maximum atomic E-state index is 13.2. The zero-order valence-electron chi connectivity index (χ0n) is 21.0. The van der Waals surface area contributed by atoms with Crippen molar-refractivity contribution in [3.8, 4) is 5.75 Å². The molecule has 0 radical (unpaired) electrons. The molecule has 0 aliphatic carbocycles. The van der Waals surface area contributed by atoms with E-state index < -0.39 is 0 Å². The van der Waals surface area contributed by atoms with Crippen molar-refractivity contribution < 1.29 is 24.2 Å². The third kappa shape index (κ3) is 7.40. The molecule has 34 heavy (non-hydrogen) atoms. The van der Waals surface area contributed by atoms with Crippen LogP contribution in [-0.2, 0) is 20.7 Å². The Balaban J connectivity index is 1.76. The van der Waals surface area contributed by atoms with Crippen molar-refractivity contribution in [1.82, 2.24) is 14.7 Å². The number of hydrogen-bond acceptors (Lipinski definition) is 7. The Hall–Kier alpha value is -2.20. The lowest BCUT2D eigenvalue weighted by molar-refractivity contribution is -0.134. The van der Waals surface area contributed by atoms with Crippen LogP contribution in [-0.4, -0.2) is 110 Å². The van der Waals surface area contributed by atoms with Crippen LogP contribution >= 0.6 is 0 Å². The van der Waals surface area contributed by atoms with Gasteiger partial charge in [-0.25, -0.2) is 0 Å². The molecule has 3 rings (SSSR count). The molecule has 1 aromatic rings. The van der Waals surface area contributed by atoms with Crippen LogP contribution in [0.5, 0.6) is 5.75 Å². The molecular formula is C25H40N4O5. The van der Waals surface area contributed by atoms with E-state index in [1.165, 1.54) is 0 Å². The van der Waals surface area contributed by atoms with Crippen molar-refractivity contribution in [3.63, 3.8) is 0 Å². The summed E-state index contributed by atoms with van der Waals surface area (Å²) >= 11 is 0. The van der Waals surface area contributed by atoms with Crippen molar-refractivity contribution in [3.05, 3.63) is 23.8 Å². The Bertz CT molecular complexity index is 828. The second kappa shape index (κ2) is 12.5. The predicted octanol–water partition coefficient (Wildman–Crippen LogP) is 1.06. The number of benzene rings is 1. The standard InChI is InChI=1S/C25H40N4O5/c1-18-15-29(19(2)17-30)25(32)14-20-13-21(5-6-22(20)34-23(18)16-27(3)4)26-24(31)7-8-28-9-11-33-12-10-28/h5-6,13,18-19,23,30H,7-12,14-17H2,1-4H3,(H,26,31)/t18-,19-,23-/m1/s1. The topological polar surface area (TPSA) is 94.6 Å². The van der Waals surface area contributed by atoms with Gasteiger partial charge in [-0.15, -0.1) is 0 Å². The summed E-state index contributed by atoms with van der Waals surface area (Å²) in [6, 6.07) is 5.24. The maximum absolute atomic E-state index is 13.2. The highest BCUT2D eigenvalue weighted by Crippen LogP contribution is 2.29. The number of likely N-dealkylation sites (N-methyl/N-ethyl adjacent to an activating group) is 1. The molecule has 190 valence electrons. The monoisotopic (exact) mass is 476 g/mol. The first-order valence-corrected chi connectivity index (χ1v) is 12.2. The Morgan fingerprint density at radius 2 is 2.03 bits per heavy atom. The Labute approximate surface area is 203 Å². The Kier molecular flexibility index (Phi) is 9.70. The van der Waals surface area contributed by atoms with Gasteiger partial charge in [-0.1, -0.05) is 6.92 Å². The number of morpholine rings is 1. The molecule has 2 aliphatic rings. The molecule has 1 fully saturated rings. The number of amides is 2. The van der Waals surface area contributed by atoms with Gasteiger partial charge in [0.25, 0.3) is 0 Å². The fourth-order valence-electron chi connectivity index (χ4n) is 4.39. The van der Waals surface area contributed by atoms with E-state index in [0.29, 0.717) is 50.7 Å². The van der Waals surface area contributed by atoms with Gasteiger partial charge in [0, 0.05) is 56.3 Å². The number of nitrogens with zero attached hydrogens (tertiary/aromatic N) is 3. The molecule has 0 aromatic heterocycles. The zero-order valence-corrected chi connectivity index (χ0v) is 21.0. The number of ether oxygens (including phenoxy) is 2. The third-order valence-corrected chi connectivity index (χ3v) is 6.50. The number of anilines is 1. The average molecular weight is 477 g/mol. The van der Waals surface area contributed by atoms with E-state index in [-0.39, 0.29) is 42.9 Å². The van der Waals surface area contributed by atoms with Gasteiger partial charge in [-0.05, 0) is 39.2 Å². The number of nitrogens with one attached hydrogen (secondary N) is 1. The normalized spacial score (nSPS) is 22.9. The van der Waals surface area contributed by atoms with Gasteiger partial charge in [-0.2, -0.15) is 0 Å². The van der Waals surface area contributed by atoms with Gasteiger partial charge in [0.2, 0.25) is 11.8 Å². The number of fused-ring (bicyclic) bond motifs is 1. The molecule has 0 bridgehead atoms. The summed E-state index contributed by atoms with van der Waals surface area (Å²) < 4.78 is 11.8. The molecule has 9 heteroatoms. The van der Waals surface area contributed by atoms with Gasteiger partial charge in [0.15, 0.2) is 0 Å². The molecule has 0 spiro atoms. The number of hydrogen-bond donors (Lipinski definition) is 2. The molecule has 1 saturated heterocycles. The van der Waals surface area contributed by atoms with E-state index in [2.05, 4.69) is 22.0 Å². The van der Waals surface area contributed by atoms with Crippen molar-refractivity contribution in [2.75, 3.05) is 72.0 Å². The number of aliphatic hydroxyl groups is 1. The minimum Gasteiger partial charge on any atom is -0.488 e. The summed E-state index contributed by atoms with van der Waals surface area (Å²) in [6.45, 7) is 8.86. The Morgan fingerprint density at radius 1 is 1.29 bits per heavy atom. The molecule has 1 aromatic carbocycles. The average Bonchev–Trinajstić information content (AvgIpc) is 2.85. The minimum absolute atomic E-state index is 0.0560. The number of rotatable bonds is 8. The van der Waals surface area contributed by atoms with E-state index in [0.717, 1.165) is 18.7 Å². The van der Waals surface area contributed by atoms with Crippen molar-refractivity contribution >= 4 is 17.5 Å². The lowest BCUT2D eigenvalue weighted by Crippen LogP contribution is -2.47.